The Hall–Kier alpha value is -2.54. The molecule has 12 heteroatoms. The van der Waals surface area contributed by atoms with Gasteiger partial charge < -0.3 is 44.6 Å². The van der Waals surface area contributed by atoms with Gasteiger partial charge in [0.25, 0.3) is 0 Å². The van der Waals surface area contributed by atoms with E-state index in [1.165, 1.54) is 0 Å². The highest BCUT2D eigenvalue weighted by Gasteiger charge is 2.09. The van der Waals surface area contributed by atoms with Crippen molar-refractivity contribution in [1.82, 2.24) is 0 Å². The van der Waals surface area contributed by atoms with Crippen molar-refractivity contribution in [2.75, 3.05) is 23.7 Å². The van der Waals surface area contributed by atoms with Gasteiger partial charge in [0.2, 0.25) is 0 Å². The number of halogens is 2. The molecule has 0 radical (unpaired) electrons. The lowest BCUT2D eigenvalue weighted by atomic mass is 10.2. The lowest BCUT2D eigenvalue weighted by Gasteiger charge is -2.10. The molecule has 37 heavy (non-hydrogen) atoms. The van der Waals surface area contributed by atoms with Crippen LogP contribution in [-0.4, -0.2) is 13.1 Å². The van der Waals surface area contributed by atoms with Crippen LogP contribution in [0.2, 0.25) is 0 Å². The van der Waals surface area contributed by atoms with E-state index in [-0.39, 0.29) is 34.0 Å². The molecule has 0 unspecified atom stereocenters. The fourth-order valence-corrected chi connectivity index (χ4v) is 4.71. The number of azo groups is 2. The average molecular weight is 667 g/mol. The molecule has 0 spiro atoms. The second kappa shape index (κ2) is 15.0. The number of anilines is 2. The van der Waals surface area contributed by atoms with Gasteiger partial charge in [-0.1, -0.05) is 0 Å². The van der Waals surface area contributed by atoms with Crippen molar-refractivity contribution in [2.24, 2.45) is 34.6 Å². The summed E-state index contributed by atoms with van der Waals surface area (Å²) >= 11 is 3.14. The van der Waals surface area contributed by atoms with Crippen LogP contribution in [-0.2, 0) is 14.1 Å². The largest absolute Gasteiger partial charge is 1.00 e. The molecule has 0 saturated heterocycles. The number of nitrogens with one attached hydrogen (secondary N) is 2. The van der Waals surface area contributed by atoms with E-state index in [0.717, 1.165) is 63.6 Å². The maximum Gasteiger partial charge on any atom is 0.408 e. The summed E-state index contributed by atoms with van der Waals surface area (Å²) in [6, 6.07) is 12.3. The molecular weight excluding hydrogens is 636 g/mol. The average Bonchev–Trinajstić information content (AvgIpc) is 3.45. The Morgan fingerprint density at radius 3 is 1.46 bits per heavy atom. The first-order valence-electron chi connectivity index (χ1n) is 11.4. The molecule has 0 amide bonds. The van der Waals surface area contributed by atoms with Gasteiger partial charge in [-0.15, -0.1) is 0 Å². The van der Waals surface area contributed by atoms with Crippen LogP contribution >= 0.6 is 22.7 Å². The molecule has 8 nitrogen and oxygen atoms in total. The molecule has 2 aromatic carbocycles. The third kappa shape index (κ3) is 8.77. The number of nitrogens with zero attached hydrogens (tertiary/aromatic N) is 6. The Kier molecular flexibility index (Phi) is 12.4. The molecule has 2 N–H and O–H groups in total. The Balaban J connectivity index is 0.00000241. The normalized spacial score (nSPS) is 10.9. The Morgan fingerprint density at radius 2 is 1.11 bits per heavy atom. The van der Waals surface area contributed by atoms with E-state index in [0.29, 0.717) is 0 Å². The van der Waals surface area contributed by atoms with Crippen LogP contribution in [0, 0.1) is 13.8 Å². The fraction of sp³-hybridized carbons (Fsp3) is 0.280. The standard InChI is InChI=1S/C25H28N8S2.2BrH/c1-18-16-20(6-8-22(18)28-30-24-32(3)12-14-34-24)26-10-5-11-27-21-7-9-23(19(2)17-21)29-31-25-33(4)13-15-35-25;;/h6-9,12-17H,5,10-11H2,1-4H3;2*1H. The molecule has 4 aromatic rings. The number of aromatic nitrogens is 2. The Bertz CT molecular complexity index is 1250. The van der Waals surface area contributed by atoms with E-state index in [1.807, 2.05) is 58.5 Å². The van der Waals surface area contributed by atoms with E-state index < -0.39 is 0 Å². The lowest BCUT2D eigenvalue weighted by molar-refractivity contribution is -0.654. The number of hydrogen-bond donors (Lipinski definition) is 2. The van der Waals surface area contributed by atoms with Gasteiger partial charge in [0.05, 0.1) is 24.3 Å². The van der Waals surface area contributed by atoms with Gasteiger partial charge in [-0.2, -0.15) is 0 Å². The molecular formula is C25H30Br2N8S2. The summed E-state index contributed by atoms with van der Waals surface area (Å²) in [5.74, 6) is 0. The number of hydrogen-bond acceptors (Lipinski definition) is 8. The summed E-state index contributed by atoms with van der Waals surface area (Å²) in [4.78, 5) is 0. The second-order valence-electron chi connectivity index (χ2n) is 8.20. The van der Waals surface area contributed by atoms with Crippen LogP contribution in [0.4, 0.5) is 33.0 Å². The first-order valence-corrected chi connectivity index (χ1v) is 13.1. The van der Waals surface area contributed by atoms with Crippen LogP contribution < -0.4 is 53.7 Å². The predicted molar refractivity (Wildman–Crippen MR) is 143 cm³/mol. The predicted octanol–water partition coefficient (Wildman–Crippen LogP) is 0.828. The zero-order valence-electron chi connectivity index (χ0n) is 21.2. The first-order chi connectivity index (χ1) is 17.0. The van der Waals surface area contributed by atoms with Crippen molar-refractivity contribution >= 4 is 55.7 Å². The van der Waals surface area contributed by atoms with Gasteiger partial charge in [-0.25, -0.2) is 9.13 Å². The maximum atomic E-state index is 4.40. The molecule has 4 rings (SSSR count). The smallest absolute Gasteiger partial charge is 0.408 e. The van der Waals surface area contributed by atoms with E-state index >= 15 is 0 Å². The van der Waals surface area contributed by atoms with Crippen LogP contribution in [0.5, 0.6) is 0 Å². The Morgan fingerprint density at radius 1 is 0.676 bits per heavy atom. The van der Waals surface area contributed by atoms with Gasteiger partial charge in [0, 0.05) is 35.2 Å². The first kappa shape index (κ1) is 30.7. The third-order valence-corrected chi connectivity index (χ3v) is 7.09. The third-order valence-electron chi connectivity index (χ3n) is 5.41. The van der Waals surface area contributed by atoms with Crippen molar-refractivity contribution in [2.45, 2.75) is 20.3 Å². The number of benzene rings is 2. The highest BCUT2D eigenvalue weighted by Crippen LogP contribution is 2.26. The summed E-state index contributed by atoms with van der Waals surface area (Å²) < 4.78 is 3.92. The molecule has 0 fully saturated rings. The highest BCUT2D eigenvalue weighted by atomic mass is 79.9. The van der Waals surface area contributed by atoms with Gasteiger partial charge in [-0.05, 0) is 101 Å². The van der Waals surface area contributed by atoms with Crippen molar-refractivity contribution in [3.8, 4) is 0 Å². The molecule has 0 aliphatic heterocycles. The quantitative estimate of drug-likeness (QED) is 0.150. The summed E-state index contributed by atoms with van der Waals surface area (Å²) in [5.41, 5.74) is 6.13. The summed E-state index contributed by atoms with van der Waals surface area (Å²) in [5, 5.41) is 30.2. The zero-order chi connectivity index (χ0) is 24.6. The van der Waals surface area contributed by atoms with Crippen molar-refractivity contribution in [3.63, 3.8) is 0 Å². The maximum absolute atomic E-state index is 4.40. The lowest BCUT2D eigenvalue weighted by Crippen LogP contribution is -3.00. The number of rotatable bonds is 10. The van der Waals surface area contributed by atoms with Gasteiger partial charge in [-0.3, -0.25) is 0 Å². The van der Waals surface area contributed by atoms with Gasteiger partial charge >= 0.3 is 10.3 Å². The van der Waals surface area contributed by atoms with E-state index in [9.17, 15) is 0 Å². The minimum Gasteiger partial charge on any atom is -1.00 e. The summed E-state index contributed by atoms with van der Waals surface area (Å²) in [6.45, 7) is 5.87. The summed E-state index contributed by atoms with van der Waals surface area (Å²) in [7, 11) is 3.94. The molecule has 2 aromatic heterocycles. The van der Waals surface area contributed by atoms with E-state index in [2.05, 4.69) is 69.2 Å². The Labute approximate surface area is 246 Å². The van der Waals surface area contributed by atoms with Crippen LogP contribution in [0.15, 0.2) is 80.0 Å². The van der Waals surface area contributed by atoms with Crippen molar-refractivity contribution in [3.05, 3.63) is 70.7 Å². The molecule has 0 aliphatic rings. The fourth-order valence-electron chi connectivity index (χ4n) is 3.35. The zero-order valence-corrected chi connectivity index (χ0v) is 26.0. The van der Waals surface area contributed by atoms with Crippen molar-refractivity contribution in [1.29, 1.82) is 0 Å². The monoisotopic (exact) mass is 664 g/mol. The summed E-state index contributed by atoms with van der Waals surface area (Å²) in [6.07, 6.45) is 4.94. The molecule has 0 aliphatic carbocycles. The van der Waals surface area contributed by atoms with Gasteiger partial charge in [0.1, 0.15) is 23.8 Å². The topological polar surface area (TPSA) is 81.3 Å². The van der Waals surface area contributed by atoms with E-state index in [4.69, 9.17) is 0 Å². The van der Waals surface area contributed by atoms with Crippen LogP contribution in [0.25, 0.3) is 0 Å². The minimum atomic E-state index is 0. The van der Waals surface area contributed by atoms with Crippen LogP contribution in [0.3, 0.4) is 0 Å². The van der Waals surface area contributed by atoms with Gasteiger partial charge in [0.15, 0.2) is 0 Å². The molecule has 0 saturated carbocycles. The molecule has 196 valence electrons. The second-order valence-corrected chi connectivity index (χ2v) is 9.95. The molecule has 0 atom stereocenters. The highest BCUT2D eigenvalue weighted by molar-refractivity contribution is 7.13. The van der Waals surface area contributed by atoms with E-state index in [1.54, 1.807) is 22.7 Å². The van der Waals surface area contributed by atoms with Crippen LogP contribution in [0.1, 0.15) is 17.5 Å². The SMILES string of the molecule is Cc1cc(NCCCNc2ccc(N=Nc3scc[n+]3C)c(C)c2)ccc1N=Nc1scc[n+]1C.[Br-].[Br-]. The van der Waals surface area contributed by atoms with Crippen molar-refractivity contribution < 1.29 is 43.1 Å². The number of thiazole rings is 2. The molecule has 2 heterocycles. The molecule has 0 bridgehead atoms. The minimum absolute atomic E-state index is 0. The number of aryl methyl sites for hydroxylation is 4.